The number of oxazole rings is 1. The van der Waals surface area contributed by atoms with Crippen LogP contribution >= 0.6 is 0 Å². The topological polar surface area (TPSA) is 81.2 Å². The first-order valence-electron chi connectivity index (χ1n) is 5.26. The highest BCUT2D eigenvalue weighted by Crippen LogP contribution is 2.32. The van der Waals surface area contributed by atoms with Gasteiger partial charge < -0.3 is 9.73 Å². The Kier molecular flexibility index (Phi) is 3.52. The molecule has 100 valence electrons. The van der Waals surface area contributed by atoms with Gasteiger partial charge in [0.15, 0.2) is 17.4 Å². The van der Waals surface area contributed by atoms with Crippen LogP contribution in [0.25, 0.3) is 11.3 Å². The summed E-state index contributed by atoms with van der Waals surface area (Å²) in [6, 6.07) is 1.24. The lowest BCUT2D eigenvalue weighted by Gasteiger charge is -2.00. The van der Waals surface area contributed by atoms with Crippen LogP contribution in [0.2, 0.25) is 0 Å². The zero-order valence-corrected chi connectivity index (χ0v) is 9.81. The number of nitro benzene ring substituents is 1. The molecule has 1 aromatic heterocycles. The number of rotatable bonds is 4. The number of nitrogens with zero attached hydrogens (tertiary/aromatic N) is 2. The van der Waals surface area contributed by atoms with Crippen LogP contribution in [0.5, 0.6) is 0 Å². The Morgan fingerprint density at radius 2 is 2.11 bits per heavy atom. The van der Waals surface area contributed by atoms with Gasteiger partial charge in [-0.3, -0.25) is 10.1 Å². The maximum absolute atomic E-state index is 13.2. The van der Waals surface area contributed by atoms with Crippen molar-refractivity contribution in [3.63, 3.8) is 0 Å². The fourth-order valence-corrected chi connectivity index (χ4v) is 1.55. The van der Waals surface area contributed by atoms with E-state index in [9.17, 15) is 18.9 Å². The number of nitrogens with one attached hydrogen (secondary N) is 1. The summed E-state index contributed by atoms with van der Waals surface area (Å²) in [6.45, 7) is 0.317. The Balaban J connectivity index is 2.53. The average Bonchev–Trinajstić information content (AvgIpc) is 2.81. The molecule has 0 saturated carbocycles. The summed E-state index contributed by atoms with van der Waals surface area (Å²) in [4.78, 5) is 13.9. The van der Waals surface area contributed by atoms with Gasteiger partial charge >= 0.3 is 0 Å². The summed E-state index contributed by atoms with van der Waals surface area (Å²) < 4.78 is 31.4. The van der Waals surface area contributed by atoms with Crippen LogP contribution in [0, 0.1) is 21.7 Å². The normalized spacial score (nSPS) is 10.7. The molecule has 0 unspecified atom stereocenters. The van der Waals surface area contributed by atoms with E-state index in [0.717, 1.165) is 6.07 Å². The number of aromatic nitrogens is 1. The van der Waals surface area contributed by atoms with Crippen molar-refractivity contribution in [1.82, 2.24) is 10.3 Å². The zero-order valence-electron chi connectivity index (χ0n) is 9.81. The molecule has 0 saturated heterocycles. The molecular weight excluding hydrogens is 260 g/mol. The van der Waals surface area contributed by atoms with Gasteiger partial charge in [-0.2, -0.15) is 0 Å². The van der Waals surface area contributed by atoms with Crippen molar-refractivity contribution < 1.29 is 18.1 Å². The summed E-state index contributed by atoms with van der Waals surface area (Å²) in [5.41, 5.74) is -0.732. The first-order valence-corrected chi connectivity index (χ1v) is 5.26. The van der Waals surface area contributed by atoms with Crippen LogP contribution in [-0.2, 0) is 6.54 Å². The Morgan fingerprint density at radius 1 is 1.42 bits per heavy atom. The van der Waals surface area contributed by atoms with Gasteiger partial charge in [0.2, 0.25) is 5.89 Å². The first kappa shape index (κ1) is 13.1. The Hall–Kier alpha value is -2.35. The molecule has 0 aliphatic carbocycles. The van der Waals surface area contributed by atoms with E-state index in [1.807, 2.05) is 0 Å². The quantitative estimate of drug-likeness (QED) is 0.680. The zero-order chi connectivity index (χ0) is 14.0. The van der Waals surface area contributed by atoms with E-state index in [2.05, 4.69) is 10.3 Å². The molecule has 0 radical (unpaired) electrons. The summed E-state index contributed by atoms with van der Waals surface area (Å²) in [7, 11) is 1.67. The highest BCUT2D eigenvalue weighted by atomic mass is 19.2. The van der Waals surface area contributed by atoms with Crippen molar-refractivity contribution in [2.75, 3.05) is 7.05 Å². The molecule has 1 heterocycles. The standard InChI is InChI=1S/C11H9F2N3O3/c1-14-5-11-15-4-10(19-11)6-2-7(12)8(13)3-9(6)16(17)18/h2-4,14H,5H2,1H3. The largest absolute Gasteiger partial charge is 0.439 e. The van der Waals surface area contributed by atoms with E-state index >= 15 is 0 Å². The third-order valence-electron chi connectivity index (χ3n) is 2.38. The van der Waals surface area contributed by atoms with Gasteiger partial charge in [0.05, 0.1) is 29.3 Å². The van der Waals surface area contributed by atoms with Crippen LogP contribution < -0.4 is 5.32 Å². The summed E-state index contributed by atoms with van der Waals surface area (Å²) in [6.07, 6.45) is 1.23. The van der Waals surface area contributed by atoms with E-state index in [-0.39, 0.29) is 17.2 Å². The smallest absolute Gasteiger partial charge is 0.283 e. The van der Waals surface area contributed by atoms with Gasteiger partial charge in [-0.1, -0.05) is 0 Å². The van der Waals surface area contributed by atoms with Crippen molar-refractivity contribution in [2.45, 2.75) is 6.54 Å². The van der Waals surface area contributed by atoms with Crippen LogP contribution in [0.3, 0.4) is 0 Å². The second kappa shape index (κ2) is 5.11. The molecule has 0 spiro atoms. The third kappa shape index (κ3) is 2.58. The maximum atomic E-state index is 13.2. The van der Waals surface area contributed by atoms with Crippen LogP contribution in [0.4, 0.5) is 14.5 Å². The fourth-order valence-electron chi connectivity index (χ4n) is 1.55. The maximum Gasteiger partial charge on any atom is 0.283 e. The van der Waals surface area contributed by atoms with Gasteiger partial charge in [-0.25, -0.2) is 13.8 Å². The van der Waals surface area contributed by atoms with Crippen LogP contribution in [0.15, 0.2) is 22.7 Å². The number of benzene rings is 1. The SMILES string of the molecule is CNCc1ncc(-c2cc(F)c(F)cc2[N+](=O)[O-])o1. The molecule has 0 aliphatic heterocycles. The van der Waals surface area contributed by atoms with Gasteiger partial charge in [0.25, 0.3) is 5.69 Å². The lowest BCUT2D eigenvalue weighted by atomic mass is 10.1. The molecule has 8 heteroatoms. The van der Waals surface area contributed by atoms with Crippen molar-refractivity contribution >= 4 is 5.69 Å². The van der Waals surface area contributed by atoms with Crippen molar-refractivity contribution in [3.05, 3.63) is 46.0 Å². The van der Waals surface area contributed by atoms with Crippen molar-refractivity contribution in [3.8, 4) is 11.3 Å². The number of hydrogen-bond acceptors (Lipinski definition) is 5. The third-order valence-corrected chi connectivity index (χ3v) is 2.38. The molecular formula is C11H9F2N3O3. The molecule has 0 bridgehead atoms. The Morgan fingerprint density at radius 3 is 2.74 bits per heavy atom. The summed E-state index contributed by atoms with van der Waals surface area (Å²) in [5, 5.41) is 13.6. The monoisotopic (exact) mass is 269 g/mol. The molecule has 6 nitrogen and oxygen atoms in total. The summed E-state index contributed by atoms with van der Waals surface area (Å²) >= 11 is 0. The minimum Gasteiger partial charge on any atom is -0.439 e. The van der Waals surface area contributed by atoms with E-state index < -0.39 is 22.2 Å². The molecule has 1 aromatic carbocycles. The van der Waals surface area contributed by atoms with E-state index in [1.54, 1.807) is 7.05 Å². The molecule has 19 heavy (non-hydrogen) atoms. The van der Waals surface area contributed by atoms with Gasteiger partial charge in [0.1, 0.15) is 0 Å². The average molecular weight is 269 g/mol. The highest BCUT2D eigenvalue weighted by Gasteiger charge is 2.22. The number of hydrogen-bond donors (Lipinski definition) is 1. The van der Waals surface area contributed by atoms with Crippen LogP contribution in [0.1, 0.15) is 5.89 Å². The van der Waals surface area contributed by atoms with Gasteiger partial charge in [-0.05, 0) is 13.1 Å². The van der Waals surface area contributed by atoms with E-state index in [4.69, 9.17) is 4.42 Å². The number of halogens is 2. The molecule has 2 aromatic rings. The van der Waals surface area contributed by atoms with E-state index in [0.29, 0.717) is 12.6 Å². The minimum atomic E-state index is -1.29. The fraction of sp³-hybridized carbons (Fsp3) is 0.182. The molecule has 0 atom stereocenters. The second-order valence-corrected chi connectivity index (χ2v) is 3.69. The predicted octanol–water partition coefficient (Wildman–Crippen LogP) is 2.25. The molecule has 0 aliphatic rings. The minimum absolute atomic E-state index is 0.0100. The highest BCUT2D eigenvalue weighted by molar-refractivity contribution is 5.69. The van der Waals surface area contributed by atoms with Crippen molar-refractivity contribution in [1.29, 1.82) is 0 Å². The first-order chi connectivity index (χ1) is 9.02. The predicted molar refractivity (Wildman–Crippen MR) is 61.3 cm³/mol. The van der Waals surface area contributed by atoms with E-state index in [1.165, 1.54) is 6.20 Å². The Bertz CT molecular complexity index is 628. The van der Waals surface area contributed by atoms with Crippen molar-refractivity contribution in [2.24, 2.45) is 0 Å². The van der Waals surface area contributed by atoms with Gasteiger partial charge in [-0.15, -0.1) is 0 Å². The van der Waals surface area contributed by atoms with Gasteiger partial charge in [0, 0.05) is 0 Å². The second-order valence-electron chi connectivity index (χ2n) is 3.69. The molecule has 2 rings (SSSR count). The summed E-state index contributed by atoms with van der Waals surface area (Å²) in [5.74, 6) is -2.18. The lowest BCUT2D eigenvalue weighted by molar-refractivity contribution is -0.384. The lowest BCUT2D eigenvalue weighted by Crippen LogP contribution is -2.04. The van der Waals surface area contributed by atoms with Crippen LogP contribution in [-0.4, -0.2) is 17.0 Å². The molecule has 0 amide bonds. The molecule has 1 N–H and O–H groups in total. The molecule has 0 fully saturated rings. The number of nitro groups is 1. The Labute approximate surface area is 106 Å².